The lowest BCUT2D eigenvalue weighted by Gasteiger charge is -2.14. The highest BCUT2D eigenvalue weighted by Gasteiger charge is 2.25. The molecule has 1 aromatic carbocycles. The molecule has 0 bridgehead atoms. The van der Waals surface area contributed by atoms with Crippen molar-refractivity contribution >= 4 is 5.78 Å². The van der Waals surface area contributed by atoms with E-state index in [2.05, 4.69) is 0 Å². The molecule has 1 aliphatic rings. The first-order valence-corrected chi connectivity index (χ1v) is 5.28. The maximum Gasteiger partial charge on any atom is 0.161 e. The second-order valence-corrected chi connectivity index (χ2v) is 3.77. The fourth-order valence-corrected chi connectivity index (χ4v) is 1.94. The highest BCUT2D eigenvalue weighted by molar-refractivity contribution is 5.98. The molecule has 1 unspecified atom stereocenters. The molecule has 0 saturated heterocycles. The van der Waals surface area contributed by atoms with E-state index in [-0.39, 0.29) is 5.78 Å². The Morgan fingerprint density at radius 3 is 2.75 bits per heavy atom. The third kappa shape index (κ3) is 1.86. The Morgan fingerprint density at radius 2 is 2.12 bits per heavy atom. The molecule has 3 heteroatoms. The van der Waals surface area contributed by atoms with Crippen LogP contribution in [0.15, 0.2) is 35.9 Å². The molecule has 84 valence electrons. The number of carbonyl (C=O) groups is 1. The van der Waals surface area contributed by atoms with E-state index < -0.39 is 6.10 Å². The number of benzene rings is 1. The number of aliphatic hydroxyl groups is 1. The molecule has 0 amide bonds. The fourth-order valence-electron chi connectivity index (χ4n) is 1.94. The number of methoxy groups -OCH3 is 1. The molecule has 16 heavy (non-hydrogen) atoms. The van der Waals surface area contributed by atoms with Crippen molar-refractivity contribution in [2.24, 2.45) is 0 Å². The lowest BCUT2D eigenvalue weighted by atomic mass is 9.99. The van der Waals surface area contributed by atoms with Crippen molar-refractivity contribution in [1.29, 1.82) is 0 Å². The molecule has 0 radical (unpaired) electrons. The van der Waals surface area contributed by atoms with Crippen molar-refractivity contribution in [3.63, 3.8) is 0 Å². The van der Waals surface area contributed by atoms with Gasteiger partial charge in [-0.1, -0.05) is 24.3 Å². The van der Waals surface area contributed by atoms with Crippen molar-refractivity contribution in [2.45, 2.75) is 18.9 Å². The predicted octanol–water partition coefficient (Wildman–Crippen LogP) is 2.02. The monoisotopic (exact) mass is 218 g/mol. The number of hydrogen-bond donors (Lipinski definition) is 1. The van der Waals surface area contributed by atoms with Crippen LogP contribution in [-0.4, -0.2) is 18.0 Å². The van der Waals surface area contributed by atoms with Crippen LogP contribution in [0.4, 0.5) is 0 Å². The predicted molar refractivity (Wildman–Crippen MR) is 60.3 cm³/mol. The van der Waals surface area contributed by atoms with Gasteiger partial charge in [0.05, 0.1) is 7.11 Å². The number of hydrogen-bond acceptors (Lipinski definition) is 3. The van der Waals surface area contributed by atoms with Crippen LogP contribution in [0.3, 0.4) is 0 Å². The second-order valence-electron chi connectivity index (χ2n) is 3.77. The first-order chi connectivity index (χ1) is 7.74. The van der Waals surface area contributed by atoms with Crippen LogP contribution in [0.25, 0.3) is 0 Å². The van der Waals surface area contributed by atoms with Gasteiger partial charge < -0.3 is 9.84 Å². The van der Waals surface area contributed by atoms with E-state index in [0.29, 0.717) is 23.3 Å². The number of rotatable bonds is 3. The van der Waals surface area contributed by atoms with Crippen LogP contribution in [0, 0.1) is 0 Å². The van der Waals surface area contributed by atoms with Gasteiger partial charge in [0.1, 0.15) is 11.9 Å². The number of aliphatic hydroxyl groups excluding tert-OH is 1. The van der Waals surface area contributed by atoms with Crippen molar-refractivity contribution in [1.82, 2.24) is 0 Å². The third-order valence-electron chi connectivity index (χ3n) is 2.79. The molecule has 0 aromatic heterocycles. The maximum atomic E-state index is 11.5. The van der Waals surface area contributed by atoms with Crippen LogP contribution in [0.5, 0.6) is 5.75 Å². The van der Waals surface area contributed by atoms with Gasteiger partial charge in [-0.25, -0.2) is 0 Å². The molecular weight excluding hydrogens is 204 g/mol. The Bertz CT molecular complexity index is 435. The number of Topliss-reactive ketones (excluding diaryl/α,β-unsaturated/α-hetero) is 1. The quantitative estimate of drug-likeness (QED) is 0.844. The molecule has 0 saturated carbocycles. The molecule has 3 nitrogen and oxygen atoms in total. The van der Waals surface area contributed by atoms with E-state index in [9.17, 15) is 9.90 Å². The summed E-state index contributed by atoms with van der Waals surface area (Å²) in [6, 6.07) is 7.20. The van der Waals surface area contributed by atoms with Crippen LogP contribution in [0.2, 0.25) is 0 Å². The Labute approximate surface area is 94.4 Å². The Hall–Kier alpha value is -1.61. The van der Waals surface area contributed by atoms with Crippen LogP contribution in [-0.2, 0) is 4.79 Å². The average molecular weight is 218 g/mol. The van der Waals surface area contributed by atoms with E-state index in [1.165, 1.54) is 0 Å². The van der Waals surface area contributed by atoms with Crippen molar-refractivity contribution in [3.8, 4) is 5.75 Å². The summed E-state index contributed by atoms with van der Waals surface area (Å²) in [5.74, 6) is 0.633. The van der Waals surface area contributed by atoms with E-state index >= 15 is 0 Å². The second kappa shape index (κ2) is 4.49. The number of allylic oxidation sites excluding steroid dienone is 1. The minimum atomic E-state index is -0.869. The van der Waals surface area contributed by atoms with Crippen LogP contribution in [0.1, 0.15) is 24.5 Å². The normalized spacial score (nSPS) is 17.1. The fraction of sp³-hybridized carbons (Fsp3) is 0.308. The van der Waals surface area contributed by atoms with Crippen molar-refractivity contribution in [2.75, 3.05) is 7.11 Å². The summed E-state index contributed by atoms with van der Waals surface area (Å²) < 4.78 is 5.16. The van der Waals surface area contributed by atoms with Gasteiger partial charge in [0.15, 0.2) is 5.78 Å². The average Bonchev–Trinajstić information content (AvgIpc) is 2.74. The first kappa shape index (κ1) is 10.9. The molecule has 1 atom stereocenters. The van der Waals surface area contributed by atoms with Gasteiger partial charge in [0.25, 0.3) is 0 Å². The van der Waals surface area contributed by atoms with Gasteiger partial charge in [-0.3, -0.25) is 4.79 Å². The Kier molecular flexibility index (Phi) is 3.06. The molecule has 0 spiro atoms. The summed E-state index contributed by atoms with van der Waals surface area (Å²) >= 11 is 0. The minimum Gasteiger partial charge on any atom is -0.496 e. The SMILES string of the molecule is COc1ccccc1C(O)C1=CCCC1=O. The number of ether oxygens (including phenoxy) is 1. The third-order valence-corrected chi connectivity index (χ3v) is 2.79. The number of ketones is 1. The minimum absolute atomic E-state index is 0.0263. The summed E-state index contributed by atoms with van der Waals surface area (Å²) in [6.45, 7) is 0. The molecule has 0 heterocycles. The zero-order valence-corrected chi connectivity index (χ0v) is 9.14. The van der Waals surface area contributed by atoms with E-state index in [4.69, 9.17) is 4.74 Å². The maximum absolute atomic E-state index is 11.5. The molecule has 0 fully saturated rings. The van der Waals surface area contributed by atoms with Crippen molar-refractivity contribution in [3.05, 3.63) is 41.5 Å². The first-order valence-electron chi connectivity index (χ1n) is 5.28. The van der Waals surface area contributed by atoms with Gasteiger partial charge in [-0.05, 0) is 12.5 Å². The smallest absolute Gasteiger partial charge is 0.161 e. The number of carbonyl (C=O) groups excluding carboxylic acids is 1. The largest absolute Gasteiger partial charge is 0.496 e. The molecule has 0 aliphatic heterocycles. The molecule has 2 rings (SSSR count). The van der Waals surface area contributed by atoms with Crippen molar-refractivity contribution < 1.29 is 14.6 Å². The van der Waals surface area contributed by atoms with Crippen LogP contribution < -0.4 is 4.74 Å². The highest BCUT2D eigenvalue weighted by atomic mass is 16.5. The number of para-hydroxylation sites is 1. The van der Waals surface area contributed by atoms with Crippen LogP contribution >= 0.6 is 0 Å². The zero-order chi connectivity index (χ0) is 11.5. The molecule has 1 aromatic rings. The lowest BCUT2D eigenvalue weighted by molar-refractivity contribution is -0.115. The van der Waals surface area contributed by atoms with Gasteiger partial charge >= 0.3 is 0 Å². The van der Waals surface area contributed by atoms with Gasteiger partial charge in [-0.2, -0.15) is 0 Å². The zero-order valence-electron chi connectivity index (χ0n) is 9.14. The molecule has 1 N–H and O–H groups in total. The topological polar surface area (TPSA) is 46.5 Å². The van der Waals surface area contributed by atoms with Gasteiger partial charge in [0, 0.05) is 17.6 Å². The summed E-state index contributed by atoms with van der Waals surface area (Å²) in [5.41, 5.74) is 1.14. The molecule has 1 aliphatic carbocycles. The van der Waals surface area contributed by atoms with Gasteiger partial charge in [0.2, 0.25) is 0 Å². The van der Waals surface area contributed by atoms with E-state index in [1.807, 2.05) is 12.1 Å². The van der Waals surface area contributed by atoms with E-state index in [0.717, 1.165) is 6.42 Å². The summed E-state index contributed by atoms with van der Waals surface area (Å²) in [5, 5.41) is 10.1. The Balaban J connectivity index is 2.33. The summed E-state index contributed by atoms with van der Waals surface area (Å²) in [7, 11) is 1.55. The Morgan fingerprint density at radius 1 is 1.38 bits per heavy atom. The molecular formula is C13H14O3. The van der Waals surface area contributed by atoms with Gasteiger partial charge in [-0.15, -0.1) is 0 Å². The van der Waals surface area contributed by atoms with E-state index in [1.54, 1.807) is 25.3 Å². The standard InChI is InChI=1S/C13H14O3/c1-16-12-8-3-2-5-10(12)13(15)9-6-4-7-11(9)14/h2-3,5-6,8,13,15H,4,7H2,1H3. The highest BCUT2D eigenvalue weighted by Crippen LogP contribution is 2.33. The summed E-state index contributed by atoms with van der Waals surface area (Å²) in [6.07, 6.45) is 2.16. The summed E-state index contributed by atoms with van der Waals surface area (Å²) in [4.78, 5) is 11.5. The lowest BCUT2D eigenvalue weighted by Crippen LogP contribution is -2.08.